The van der Waals surface area contributed by atoms with E-state index in [0.717, 1.165) is 37.7 Å². The number of nitrogens with one attached hydrogen (secondary N) is 1. The number of ether oxygens (including phenoxy) is 2. The maximum absolute atomic E-state index is 12.8. The van der Waals surface area contributed by atoms with Crippen LogP contribution < -0.4 is 15.0 Å². The Labute approximate surface area is 174 Å². The van der Waals surface area contributed by atoms with Crippen LogP contribution in [0.3, 0.4) is 0 Å². The molecule has 3 rings (SSSR count). The molecule has 1 saturated heterocycles. The molecular formula is C24H32N2O3. The van der Waals surface area contributed by atoms with Gasteiger partial charge >= 0.3 is 0 Å². The van der Waals surface area contributed by atoms with Crippen LogP contribution in [0.1, 0.15) is 40.2 Å². The molecule has 1 fully saturated rings. The molecule has 5 nitrogen and oxygen atoms in total. The standard InChI is InChI=1S/C24H32N2O3/c1-23(2,3)18-6-12-21(13-7-18)29-24(4,5)22(27)25-19-8-10-20(11-9-19)26-14-16-28-17-15-26/h6-13H,14-17H2,1-5H3,(H,25,27). The van der Waals surface area contributed by atoms with Gasteiger partial charge in [-0.25, -0.2) is 0 Å². The molecule has 0 aliphatic carbocycles. The molecule has 1 aliphatic rings. The highest BCUT2D eigenvalue weighted by atomic mass is 16.5. The summed E-state index contributed by atoms with van der Waals surface area (Å²) in [6.45, 7) is 13.4. The van der Waals surface area contributed by atoms with E-state index in [1.165, 1.54) is 5.56 Å². The highest BCUT2D eigenvalue weighted by Gasteiger charge is 2.30. The molecule has 0 unspecified atom stereocenters. The number of anilines is 2. The predicted molar refractivity (Wildman–Crippen MR) is 118 cm³/mol. The Morgan fingerprint density at radius 2 is 1.52 bits per heavy atom. The maximum atomic E-state index is 12.8. The Balaban J connectivity index is 1.61. The molecule has 2 aromatic rings. The molecule has 0 saturated carbocycles. The summed E-state index contributed by atoms with van der Waals surface area (Å²) in [5.74, 6) is 0.498. The second kappa shape index (κ2) is 8.46. The van der Waals surface area contributed by atoms with Gasteiger partial charge in [0.25, 0.3) is 5.91 Å². The van der Waals surface area contributed by atoms with E-state index in [0.29, 0.717) is 5.75 Å². The molecule has 0 spiro atoms. The lowest BCUT2D eigenvalue weighted by Crippen LogP contribution is -2.42. The first kappa shape index (κ1) is 21.2. The minimum absolute atomic E-state index is 0.0821. The lowest BCUT2D eigenvalue weighted by molar-refractivity contribution is -0.128. The van der Waals surface area contributed by atoms with E-state index in [4.69, 9.17) is 9.47 Å². The van der Waals surface area contributed by atoms with Crippen LogP contribution in [0, 0.1) is 0 Å². The van der Waals surface area contributed by atoms with Gasteiger partial charge < -0.3 is 19.7 Å². The highest BCUT2D eigenvalue weighted by Crippen LogP contribution is 2.27. The van der Waals surface area contributed by atoms with Crippen LogP contribution in [0.5, 0.6) is 5.75 Å². The Kier molecular flexibility index (Phi) is 6.18. The van der Waals surface area contributed by atoms with Crippen LogP contribution in [-0.4, -0.2) is 37.8 Å². The van der Waals surface area contributed by atoms with Crippen molar-refractivity contribution in [1.82, 2.24) is 0 Å². The summed E-state index contributed by atoms with van der Waals surface area (Å²) in [7, 11) is 0. The minimum Gasteiger partial charge on any atom is -0.478 e. The second-order valence-corrected chi connectivity index (χ2v) is 8.99. The molecule has 0 aromatic heterocycles. The Morgan fingerprint density at radius 3 is 2.07 bits per heavy atom. The molecule has 0 atom stereocenters. The Hall–Kier alpha value is -2.53. The molecule has 29 heavy (non-hydrogen) atoms. The number of carbonyl (C=O) groups is 1. The third-order valence-corrected chi connectivity index (χ3v) is 5.14. The molecule has 5 heteroatoms. The Bertz CT molecular complexity index is 815. The number of amides is 1. The largest absolute Gasteiger partial charge is 0.478 e. The van der Waals surface area contributed by atoms with E-state index in [2.05, 4.69) is 31.0 Å². The zero-order valence-corrected chi connectivity index (χ0v) is 18.1. The first-order chi connectivity index (χ1) is 13.6. The normalized spacial score (nSPS) is 15.1. The predicted octanol–water partition coefficient (Wildman–Crippen LogP) is 4.62. The van der Waals surface area contributed by atoms with Gasteiger partial charge in [0.05, 0.1) is 13.2 Å². The lowest BCUT2D eigenvalue weighted by atomic mass is 9.87. The second-order valence-electron chi connectivity index (χ2n) is 8.99. The van der Waals surface area contributed by atoms with E-state index < -0.39 is 5.60 Å². The van der Waals surface area contributed by atoms with Gasteiger partial charge in [-0.05, 0) is 61.2 Å². The summed E-state index contributed by atoms with van der Waals surface area (Å²) in [5, 5.41) is 2.96. The summed E-state index contributed by atoms with van der Waals surface area (Å²) >= 11 is 0. The van der Waals surface area contributed by atoms with E-state index in [-0.39, 0.29) is 11.3 Å². The first-order valence-corrected chi connectivity index (χ1v) is 10.2. The van der Waals surface area contributed by atoms with Crippen molar-refractivity contribution in [3.05, 3.63) is 54.1 Å². The summed E-state index contributed by atoms with van der Waals surface area (Å²) in [6, 6.07) is 15.9. The fourth-order valence-electron chi connectivity index (χ4n) is 3.22. The summed E-state index contributed by atoms with van der Waals surface area (Å²) in [4.78, 5) is 15.1. The van der Waals surface area contributed by atoms with Gasteiger partial charge in [-0.1, -0.05) is 32.9 Å². The zero-order chi connectivity index (χ0) is 21.1. The number of rotatable bonds is 5. The van der Waals surface area contributed by atoms with Crippen LogP contribution >= 0.6 is 0 Å². The SMILES string of the molecule is CC(C)(Oc1ccc(C(C)(C)C)cc1)C(=O)Nc1ccc(N2CCOCC2)cc1. The van der Waals surface area contributed by atoms with E-state index in [1.807, 2.05) is 48.5 Å². The molecule has 1 N–H and O–H groups in total. The van der Waals surface area contributed by atoms with E-state index >= 15 is 0 Å². The van der Waals surface area contributed by atoms with Crippen LogP contribution in [0.15, 0.2) is 48.5 Å². The molecule has 156 valence electrons. The van der Waals surface area contributed by atoms with Gasteiger partial charge in [0.15, 0.2) is 5.60 Å². The Morgan fingerprint density at radius 1 is 0.931 bits per heavy atom. The highest BCUT2D eigenvalue weighted by molar-refractivity contribution is 5.97. The van der Waals surface area contributed by atoms with Crippen LogP contribution in [0.25, 0.3) is 0 Å². The third kappa shape index (κ3) is 5.51. The number of hydrogen-bond acceptors (Lipinski definition) is 4. The van der Waals surface area contributed by atoms with Crippen molar-refractivity contribution in [2.75, 3.05) is 36.5 Å². The number of nitrogens with zero attached hydrogens (tertiary/aromatic N) is 1. The van der Waals surface area contributed by atoms with E-state index in [1.54, 1.807) is 13.8 Å². The van der Waals surface area contributed by atoms with Crippen molar-refractivity contribution in [2.24, 2.45) is 0 Å². The van der Waals surface area contributed by atoms with Crippen molar-refractivity contribution in [3.8, 4) is 5.75 Å². The fourth-order valence-corrected chi connectivity index (χ4v) is 3.22. The van der Waals surface area contributed by atoms with Crippen LogP contribution in [0.2, 0.25) is 0 Å². The molecule has 0 bridgehead atoms. The van der Waals surface area contributed by atoms with Gasteiger partial charge in [0.1, 0.15) is 5.75 Å². The van der Waals surface area contributed by atoms with Crippen molar-refractivity contribution < 1.29 is 14.3 Å². The fraction of sp³-hybridized carbons (Fsp3) is 0.458. The number of hydrogen-bond donors (Lipinski definition) is 1. The number of morpholine rings is 1. The molecule has 1 aliphatic heterocycles. The quantitative estimate of drug-likeness (QED) is 0.801. The zero-order valence-electron chi connectivity index (χ0n) is 18.1. The third-order valence-electron chi connectivity index (χ3n) is 5.14. The van der Waals surface area contributed by atoms with Crippen molar-refractivity contribution >= 4 is 17.3 Å². The number of carbonyl (C=O) groups excluding carboxylic acids is 1. The molecule has 2 aromatic carbocycles. The molecule has 0 radical (unpaired) electrons. The summed E-state index contributed by atoms with van der Waals surface area (Å²) in [6.07, 6.45) is 0. The van der Waals surface area contributed by atoms with Crippen molar-refractivity contribution in [3.63, 3.8) is 0 Å². The number of benzene rings is 2. The summed E-state index contributed by atoms with van der Waals surface area (Å²) in [5.41, 5.74) is 2.21. The first-order valence-electron chi connectivity index (χ1n) is 10.2. The monoisotopic (exact) mass is 396 g/mol. The lowest BCUT2D eigenvalue weighted by Gasteiger charge is -2.29. The minimum atomic E-state index is -0.994. The van der Waals surface area contributed by atoms with E-state index in [9.17, 15) is 4.79 Å². The van der Waals surface area contributed by atoms with Gasteiger partial charge in [-0.3, -0.25) is 4.79 Å². The van der Waals surface area contributed by atoms with Crippen LogP contribution in [0.4, 0.5) is 11.4 Å². The van der Waals surface area contributed by atoms with Crippen LogP contribution in [-0.2, 0) is 14.9 Å². The average Bonchev–Trinajstić information content (AvgIpc) is 2.68. The summed E-state index contributed by atoms with van der Waals surface area (Å²) < 4.78 is 11.4. The molecular weight excluding hydrogens is 364 g/mol. The molecule has 1 heterocycles. The van der Waals surface area contributed by atoms with Crippen molar-refractivity contribution in [2.45, 2.75) is 45.6 Å². The van der Waals surface area contributed by atoms with Gasteiger partial charge in [0, 0.05) is 24.5 Å². The average molecular weight is 397 g/mol. The maximum Gasteiger partial charge on any atom is 0.267 e. The van der Waals surface area contributed by atoms with Crippen molar-refractivity contribution in [1.29, 1.82) is 0 Å². The van der Waals surface area contributed by atoms with Gasteiger partial charge in [-0.15, -0.1) is 0 Å². The molecule has 1 amide bonds. The van der Waals surface area contributed by atoms with Gasteiger partial charge in [-0.2, -0.15) is 0 Å². The smallest absolute Gasteiger partial charge is 0.267 e. The van der Waals surface area contributed by atoms with Gasteiger partial charge in [0.2, 0.25) is 0 Å². The topological polar surface area (TPSA) is 50.8 Å².